The highest BCUT2D eigenvalue weighted by molar-refractivity contribution is 5.84. The van der Waals surface area contributed by atoms with Crippen molar-refractivity contribution in [2.45, 2.75) is 58.1 Å². The molecule has 0 atom stereocenters. The first-order chi connectivity index (χ1) is 13.7. The second kappa shape index (κ2) is 8.84. The smallest absolute Gasteiger partial charge is 0.410 e. The standard InChI is InChI=1S/C22H32N4O3/c1-22(2,3)29-21(27)26(4)14-15-6-9-17(10-7-15)24-18-11-8-16-12-13-23-20(28-5)19(16)25-18/h8,11-13,15,17H,6-7,9-10,14H2,1-5H3,(H,24,25)/t15-,17-. The van der Waals surface area contributed by atoms with Gasteiger partial charge in [-0.3, -0.25) is 0 Å². The molecular formula is C22H32N4O3. The van der Waals surface area contributed by atoms with Crippen molar-refractivity contribution in [1.29, 1.82) is 0 Å². The van der Waals surface area contributed by atoms with E-state index < -0.39 is 5.60 Å². The number of amides is 1. The van der Waals surface area contributed by atoms with Gasteiger partial charge >= 0.3 is 6.09 Å². The molecule has 1 N–H and O–H groups in total. The van der Waals surface area contributed by atoms with Crippen LogP contribution in [0.2, 0.25) is 0 Å². The van der Waals surface area contributed by atoms with Crippen molar-refractivity contribution in [3.8, 4) is 5.88 Å². The number of carbonyl (C=O) groups excluding carboxylic acids is 1. The predicted molar refractivity (Wildman–Crippen MR) is 114 cm³/mol. The van der Waals surface area contributed by atoms with Crippen LogP contribution in [-0.4, -0.2) is 53.3 Å². The van der Waals surface area contributed by atoms with E-state index >= 15 is 0 Å². The van der Waals surface area contributed by atoms with E-state index in [-0.39, 0.29) is 6.09 Å². The number of carbonyl (C=O) groups is 1. The van der Waals surface area contributed by atoms with E-state index in [4.69, 9.17) is 14.5 Å². The second-order valence-electron chi connectivity index (χ2n) is 8.81. The highest BCUT2D eigenvalue weighted by Crippen LogP contribution is 2.28. The molecule has 1 saturated carbocycles. The molecule has 1 amide bonds. The maximum absolute atomic E-state index is 12.2. The average Bonchev–Trinajstić information content (AvgIpc) is 2.67. The molecule has 0 unspecified atom stereocenters. The molecular weight excluding hydrogens is 368 g/mol. The zero-order valence-corrected chi connectivity index (χ0v) is 18.1. The van der Waals surface area contributed by atoms with Crippen LogP contribution in [0.5, 0.6) is 5.88 Å². The molecule has 0 bridgehead atoms. The first-order valence-corrected chi connectivity index (χ1v) is 10.3. The molecule has 7 nitrogen and oxygen atoms in total. The Morgan fingerprint density at radius 1 is 1.21 bits per heavy atom. The number of hydrogen-bond acceptors (Lipinski definition) is 6. The Morgan fingerprint density at radius 3 is 2.59 bits per heavy atom. The van der Waals surface area contributed by atoms with Crippen LogP contribution in [0.1, 0.15) is 46.5 Å². The van der Waals surface area contributed by atoms with E-state index in [1.807, 2.05) is 46.0 Å². The Labute approximate surface area is 172 Å². The summed E-state index contributed by atoms with van der Waals surface area (Å²) in [5.74, 6) is 1.89. The van der Waals surface area contributed by atoms with Crippen molar-refractivity contribution in [1.82, 2.24) is 14.9 Å². The van der Waals surface area contributed by atoms with Crippen LogP contribution >= 0.6 is 0 Å². The summed E-state index contributed by atoms with van der Waals surface area (Å²) in [6.45, 7) is 6.41. The van der Waals surface area contributed by atoms with Crippen molar-refractivity contribution in [2.75, 3.05) is 26.0 Å². The summed E-state index contributed by atoms with van der Waals surface area (Å²) in [5, 5.41) is 4.56. The fraction of sp³-hybridized carbons (Fsp3) is 0.591. The lowest BCUT2D eigenvalue weighted by Gasteiger charge is -2.32. The van der Waals surface area contributed by atoms with Crippen LogP contribution in [0.3, 0.4) is 0 Å². The lowest BCUT2D eigenvalue weighted by atomic mass is 9.85. The third-order valence-corrected chi connectivity index (χ3v) is 5.20. The first kappa shape index (κ1) is 21.1. The van der Waals surface area contributed by atoms with Crippen molar-refractivity contribution < 1.29 is 14.3 Å². The minimum Gasteiger partial charge on any atom is -0.479 e. The summed E-state index contributed by atoms with van der Waals surface area (Å²) < 4.78 is 10.8. The number of ether oxygens (including phenoxy) is 2. The zero-order valence-electron chi connectivity index (χ0n) is 18.1. The molecule has 1 aliphatic carbocycles. The largest absolute Gasteiger partial charge is 0.479 e. The van der Waals surface area contributed by atoms with E-state index in [0.717, 1.165) is 48.9 Å². The minimum atomic E-state index is -0.460. The predicted octanol–water partition coefficient (Wildman–Crippen LogP) is 4.48. The number of methoxy groups -OCH3 is 1. The highest BCUT2D eigenvalue weighted by atomic mass is 16.6. The fourth-order valence-corrected chi connectivity index (χ4v) is 3.75. The quantitative estimate of drug-likeness (QED) is 0.798. The number of fused-ring (bicyclic) bond motifs is 1. The highest BCUT2D eigenvalue weighted by Gasteiger charge is 2.26. The van der Waals surface area contributed by atoms with E-state index in [1.165, 1.54) is 0 Å². The maximum atomic E-state index is 12.2. The molecule has 0 spiro atoms. The van der Waals surface area contributed by atoms with Gasteiger partial charge in [0.15, 0.2) is 0 Å². The van der Waals surface area contributed by atoms with Gasteiger partial charge in [-0.1, -0.05) is 0 Å². The van der Waals surface area contributed by atoms with Crippen molar-refractivity contribution in [2.24, 2.45) is 5.92 Å². The average molecular weight is 401 g/mol. The fourth-order valence-electron chi connectivity index (χ4n) is 3.75. The molecule has 2 aromatic heterocycles. The van der Waals surface area contributed by atoms with Crippen molar-refractivity contribution >= 4 is 22.8 Å². The van der Waals surface area contributed by atoms with Crippen LogP contribution in [-0.2, 0) is 4.74 Å². The molecule has 2 aromatic rings. The zero-order chi connectivity index (χ0) is 21.0. The number of aromatic nitrogens is 2. The van der Waals surface area contributed by atoms with Crippen LogP contribution in [0.25, 0.3) is 10.9 Å². The Hall–Kier alpha value is -2.57. The molecule has 0 radical (unpaired) electrons. The Kier molecular flexibility index (Phi) is 6.45. The molecule has 7 heteroatoms. The van der Waals surface area contributed by atoms with E-state index in [2.05, 4.69) is 10.3 Å². The SMILES string of the molecule is COc1nccc2ccc(N[C@H]3CC[C@H](CN(C)C(=O)OC(C)(C)C)CC3)nc12. The molecule has 0 aliphatic heterocycles. The number of rotatable bonds is 5. The number of hydrogen-bond donors (Lipinski definition) is 1. The van der Waals surface area contributed by atoms with Gasteiger partial charge in [0.2, 0.25) is 5.88 Å². The summed E-state index contributed by atoms with van der Waals surface area (Å²) in [4.78, 5) is 22.8. The summed E-state index contributed by atoms with van der Waals surface area (Å²) in [5.41, 5.74) is 0.311. The maximum Gasteiger partial charge on any atom is 0.410 e. The summed E-state index contributed by atoms with van der Waals surface area (Å²) in [7, 11) is 3.43. The first-order valence-electron chi connectivity index (χ1n) is 10.3. The topological polar surface area (TPSA) is 76.6 Å². The molecule has 3 rings (SSSR count). The number of nitrogens with zero attached hydrogens (tertiary/aromatic N) is 3. The third kappa shape index (κ3) is 5.71. The molecule has 158 valence electrons. The van der Waals surface area contributed by atoms with Gasteiger partial charge in [-0.05, 0) is 70.6 Å². The van der Waals surface area contributed by atoms with E-state index in [9.17, 15) is 4.79 Å². The van der Waals surface area contributed by atoms with Crippen LogP contribution in [0, 0.1) is 5.92 Å². The molecule has 0 aromatic carbocycles. The number of anilines is 1. The van der Waals surface area contributed by atoms with Gasteiger partial charge in [-0.15, -0.1) is 0 Å². The number of nitrogens with one attached hydrogen (secondary N) is 1. The van der Waals surface area contributed by atoms with E-state index in [0.29, 0.717) is 17.8 Å². The van der Waals surface area contributed by atoms with Crippen LogP contribution in [0.4, 0.5) is 10.6 Å². The molecule has 0 saturated heterocycles. The van der Waals surface area contributed by atoms with Gasteiger partial charge in [-0.2, -0.15) is 0 Å². The van der Waals surface area contributed by atoms with E-state index in [1.54, 1.807) is 18.2 Å². The lowest BCUT2D eigenvalue weighted by Crippen LogP contribution is -2.38. The summed E-state index contributed by atoms with van der Waals surface area (Å²) in [6.07, 6.45) is 5.73. The summed E-state index contributed by atoms with van der Waals surface area (Å²) in [6, 6.07) is 6.35. The van der Waals surface area contributed by atoms with Gasteiger partial charge in [0.1, 0.15) is 16.9 Å². The lowest BCUT2D eigenvalue weighted by molar-refractivity contribution is 0.0262. The summed E-state index contributed by atoms with van der Waals surface area (Å²) >= 11 is 0. The normalized spacial score (nSPS) is 19.6. The van der Waals surface area contributed by atoms with Crippen molar-refractivity contribution in [3.63, 3.8) is 0 Å². The molecule has 2 heterocycles. The third-order valence-electron chi connectivity index (χ3n) is 5.20. The van der Waals surface area contributed by atoms with Gasteiger partial charge in [0.05, 0.1) is 7.11 Å². The Bertz CT molecular complexity index is 842. The van der Waals surface area contributed by atoms with Gasteiger partial charge in [-0.25, -0.2) is 14.8 Å². The molecule has 29 heavy (non-hydrogen) atoms. The van der Waals surface area contributed by atoms with Gasteiger partial charge < -0.3 is 19.7 Å². The number of pyridine rings is 2. The minimum absolute atomic E-state index is 0.249. The second-order valence-corrected chi connectivity index (χ2v) is 8.81. The van der Waals surface area contributed by atoms with Gasteiger partial charge in [0, 0.05) is 31.2 Å². The van der Waals surface area contributed by atoms with Crippen molar-refractivity contribution in [3.05, 3.63) is 24.4 Å². The van der Waals surface area contributed by atoms with Crippen LogP contribution < -0.4 is 10.1 Å². The van der Waals surface area contributed by atoms with Gasteiger partial charge in [0.25, 0.3) is 0 Å². The molecule has 1 fully saturated rings. The Balaban J connectivity index is 1.52. The monoisotopic (exact) mass is 400 g/mol. The van der Waals surface area contributed by atoms with Crippen LogP contribution in [0.15, 0.2) is 24.4 Å². The molecule has 1 aliphatic rings. The Morgan fingerprint density at radius 2 is 1.93 bits per heavy atom.